The van der Waals surface area contributed by atoms with Crippen LogP contribution in [0.3, 0.4) is 0 Å². The van der Waals surface area contributed by atoms with E-state index >= 15 is 0 Å². The highest BCUT2D eigenvalue weighted by Crippen LogP contribution is 2.27. The number of hydrazine groups is 1. The second-order valence-electron chi connectivity index (χ2n) is 4.33. The summed E-state index contributed by atoms with van der Waals surface area (Å²) in [6.45, 7) is 0. The first-order chi connectivity index (χ1) is 9.51. The first kappa shape index (κ1) is 15.6. The zero-order valence-corrected chi connectivity index (χ0v) is 13.5. The molecule has 0 radical (unpaired) electrons. The van der Waals surface area contributed by atoms with Crippen LogP contribution in [0.2, 0.25) is 0 Å². The summed E-state index contributed by atoms with van der Waals surface area (Å²) >= 11 is 6.76. The standard InChI is InChI=1S/C14H12Br2F2N2/c15-9-4-8(5-10(16)6-9)14(20-19)7-11-12(17)2-1-3-13(11)18/h1-6,14,20H,7,19H2. The van der Waals surface area contributed by atoms with Crippen molar-refractivity contribution in [1.82, 2.24) is 5.43 Å². The van der Waals surface area contributed by atoms with E-state index in [9.17, 15) is 8.78 Å². The summed E-state index contributed by atoms with van der Waals surface area (Å²) in [6.07, 6.45) is 0.123. The van der Waals surface area contributed by atoms with Crippen molar-refractivity contribution < 1.29 is 8.78 Å². The predicted octanol–water partition coefficient (Wildman–Crippen LogP) is 4.24. The number of halogens is 4. The maximum atomic E-state index is 13.7. The lowest BCUT2D eigenvalue weighted by molar-refractivity contribution is 0.500. The Morgan fingerprint density at radius 3 is 2.10 bits per heavy atom. The lowest BCUT2D eigenvalue weighted by Gasteiger charge is -2.18. The molecular formula is C14H12Br2F2N2. The van der Waals surface area contributed by atoms with Crippen molar-refractivity contribution in [3.8, 4) is 0 Å². The molecule has 0 aliphatic rings. The molecule has 0 aromatic heterocycles. The minimum atomic E-state index is -0.570. The molecule has 2 rings (SSSR count). The number of hydrogen-bond acceptors (Lipinski definition) is 2. The molecule has 0 amide bonds. The van der Waals surface area contributed by atoms with E-state index in [1.54, 1.807) is 0 Å². The molecule has 6 heteroatoms. The van der Waals surface area contributed by atoms with Gasteiger partial charge < -0.3 is 0 Å². The molecule has 2 nitrogen and oxygen atoms in total. The van der Waals surface area contributed by atoms with Gasteiger partial charge in [0.05, 0.1) is 6.04 Å². The van der Waals surface area contributed by atoms with E-state index in [1.165, 1.54) is 18.2 Å². The Morgan fingerprint density at radius 2 is 1.60 bits per heavy atom. The molecule has 3 N–H and O–H groups in total. The second-order valence-corrected chi connectivity index (χ2v) is 6.16. The van der Waals surface area contributed by atoms with E-state index in [-0.39, 0.29) is 12.0 Å². The summed E-state index contributed by atoms with van der Waals surface area (Å²) in [7, 11) is 0. The van der Waals surface area contributed by atoms with Crippen LogP contribution in [0.1, 0.15) is 17.2 Å². The van der Waals surface area contributed by atoms with Crippen LogP contribution < -0.4 is 11.3 Å². The molecule has 2 aromatic carbocycles. The van der Waals surface area contributed by atoms with E-state index in [2.05, 4.69) is 37.3 Å². The molecule has 106 valence electrons. The van der Waals surface area contributed by atoms with E-state index in [0.717, 1.165) is 14.5 Å². The smallest absolute Gasteiger partial charge is 0.129 e. The van der Waals surface area contributed by atoms with Gasteiger partial charge in [-0.1, -0.05) is 37.9 Å². The van der Waals surface area contributed by atoms with Crippen molar-refractivity contribution in [3.05, 3.63) is 68.1 Å². The summed E-state index contributed by atoms with van der Waals surface area (Å²) in [5.74, 6) is 4.39. The monoisotopic (exact) mass is 404 g/mol. The fourth-order valence-corrected chi connectivity index (χ4v) is 3.31. The first-order valence-corrected chi connectivity index (χ1v) is 7.45. The number of nitrogens with one attached hydrogen (secondary N) is 1. The molecule has 1 unspecified atom stereocenters. The molecule has 0 fully saturated rings. The molecule has 0 aliphatic carbocycles. The van der Waals surface area contributed by atoms with Gasteiger partial charge >= 0.3 is 0 Å². The molecule has 0 saturated carbocycles. The number of benzene rings is 2. The Bertz CT molecular complexity index is 580. The molecule has 20 heavy (non-hydrogen) atoms. The molecule has 1 atom stereocenters. The highest BCUT2D eigenvalue weighted by molar-refractivity contribution is 9.11. The van der Waals surface area contributed by atoms with Gasteiger partial charge in [0, 0.05) is 14.5 Å². The normalized spacial score (nSPS) is 12.4. The quantitative estimate of drug-likeness (QED) is 0.589. The lowest BCUT2D eigenvalue weighted by Crippen LogP contribution is -2.30. The average Bonchev–Trinajstić information content (AvgIpc) is 2.37. The van der Waals surface area contributed by atoms with Crippen LogP contribution in [0, 0.1) is 11.6 Å². The zero-order chi connectivity index (χ0) is 14.7. The van der Waals surface area contributed by atoms with E-state index in [4.69, 9.17) is 5.84 Å². The molecule has 0 heterocycles. The molecule has 0 bridgehead atoms. The van der Waals surface area contributed by atoms with Crippen molar-refractivity contribution in [2.45, 2.75) is 12.5 Å². The summed E-state index contributed by atoms with van der Waals surface area (Å²) in [5.41, 5.74) is 3.45. The van der Waals surface area contributed by atoms with Crippen LogP contribution in [0.15, 0.2) is 45.3 Å². The van der Waals surface area contributed by atoms with Crippen molar-refractivity contribution in [3.63, 3.8) is 0 Å². The topological polar surface area (TPSA) is 38.0 Å². The predicted molar refractivity (Wildman–Crippen MR) is 82.0 cm³/mol. The van der Waals surface area contributed by atoms with E-state index in [0.29, 0.717) is 0 Å². The highest BCUT2D eigenvalue weighted by atomic mass is 79.9. The Hall–Kier alpha value is -0.820. The third-order valence-corrected chi connectivity index (χ3v) is 3.87. The van der Waals surface area contributed by atoms with Crippen molar-refractivity contribution in [2.24, 2.45) is 5.84 Å². The fourth-order valence-electron chi connectivity index (χ4n) is 1.98. The van der Waals surface area contributed by atoms with Crippen molar-refractivity contribution in [2.75, 3.05) is 0 Å². The third kappa shape index (κ3) is 3.63. The Labute approximate surface area is 132 Å². The lowest BCUT2D eigenvalue weighted by atomic mass is 9.99. The number of nitrogens with two attached hydrogens (primary N) is 1. The molecule has 2 aromatic rings. The van der Waals surface area contributed by atoms with Crippen LogP contribution in [-0.4, -0.2) is 0 Å². The van der Waals surface area contributed by atoms with Crippen LogP contribution in [-0.2, 0) is 6.42 Å². The van der Waals surface area contributed by atoms with Crippen LogP contribution >= 0.6 is 31.9 Å². The summed E-state index contributed by atoms with van der Waals surface area (Å²) < 4.78 is 29.1. The third-order valence-electron chi connectivity index (χ3n) is 2.96. The molecule has 0 spiro atoms. The van der Waals surface area contributed by atoms with Gasteiger partial charge in [-0.15, -0.1) is 0 Å². The zero-order valence-electron chi connectivity index (χ0n) is 10.3. The van der Waals surface area contributed by atoms with Crippen LogP contribution in [0.25, 0.3) is 0 Å². The minimum absolute atomic E-state index is 0.0200. The Morgan fingerprint density at radius 1 is 1.05 bits per heavy atom. The maximum absolute atomic E-state index is 13.7. The van der Waals surface area contributed by atoms with E-state index < -0.39 is 17.7 Å². The Balaban J connectivity index is 2.33. The summed E-state index contributed by atoms with van der Waals surface area (Å²) in [4.78, 5) is 0. The van der Waals surface area contributed by atoms with Crippen LogP contribution in [0.5, 0.6) is 0 Å². The molecular weight excluding hydrogens is 394 g/mol. The maximum Gasteiger partial charge on any atom is 0.129 e. The van der Waals surface area contributed by atoms with Gasteiger partial charge in [0.1, 0.15) is 11.6 Å². The minimum Gasteiger partial charge on any atom is -0.271 e. The van der Waals surface area contributed by atoms with Crippen molar-refractivity contribution in [1.29, 1.82) is 0 Å². The first-order valence-electron chi connectivity index (χ1n) is 5.86. The van der Waals surface area contributed by atoms with Crippen molar-refractivity contribution >= 4 is 31.9 Å². The average molecular weight is 406 g/mol. The second kappa shape index (κ2) is 6.76. The van der Waals surface area contributed by atoms with Gasteiger partial charge in [-0.05, 0) is 42.3 Å². The van der Waals surface area contributed by atoms with Crippen LogP contribution in [0.4, 0.5) is 8.78 Å². The van der Waals surface area contributed by atoms with Gasteiger partial charge in [0.15, 0.2) is 0 Å². The Kier molecular flexibility index (Phi) is 5.26. The number of rotatable bonds is 4. The SMILES string of the molecule is NNC(Cc1c(F)cccc1F)c1cc(Br)cc(Br)c1. The molecule has 0 saturated heterocycles. The molecule has 0 aliphatic heterocycles. The fraction of sp³-hybridized carbons (Fsp3) is 0.143. The summed E-state index contributed by atoms with van der Waals surface area (Å²) in [5, 5.41) is 0. The number of hydrogen-bond donors (Lipinski definition) is 2. The van der Waals surface area contributed by atoms with Gasteiger partial charge in [-0.2, -0.15) is 0 Å². The van der Waals surface area contributed by atoms with Gasteiger partial charge in [-0.25, -0.2) is 8.78 Å². The summed E-state index contributed by atoms with van der Waals surface area (Å²) in [6, 6.07) is 9.01. The van der Waals surface area contributed by atoms with E-state index in [1.807, 2.05) is 18.2 Å². The largest absolute Gasteiger partial charge is 0.271 e. The van der Waals surface area contributed by atoms with Gasteiger partial charge in [0.2, 0.25) is 0 Å². The highest BCUT2D eigenvalue weighted by Gasteiger charge is 2.17. The van der Waals surface area contributed by atoms with Gasteiger partial charge in [0.25, 0.3) is 0 Å². The van der Waals surface area contributed by atoms with Gasteiger partial charge in [-0.3, -0.25) is 11.3 Å².